The van der Waals surface area contributed by atoms with E-state index in [1.807, 2.05) is 30.0 Å². The van der Waals surface area contributed by atoms with Crippen LogP contribution in [0.4, 0.5) is 5.69 Å². The quantitative estimate of drug-likeness (QED) is 0.739. The molecule has 1 aromatic carbocycles. The average Bonchev–Trinajstić information content (AvgIpc) is 2.69. The first kappa shape index (κ1) is 10.5. The van der Waals surface area contributed by atoms with Gasteiger partial charge in [-0.2, -0.15) is 0 Å². The van der Waals surface area contributed by atoms with E-state index in [1.165, 1.54) is 11.1 Å². The highest BCUT2D eigenvalue weighted by atomic mass is 16.2. The standard InChI is InChI=1S/C14H16N2O/c1-10(12-8-15-9-12)14(17)16-7-6-11-4-2-3-5-13(11)16/h2-5,15H,6-9H2,1H3. The summed E-state index contributed by atoms with van der Waals surface area (Å²) in [6, 6.07) is 8.18. The molecule has 2 heterocycles. The van der Waals surface area contributed by atoms with Gasteiger partial charge in [-0.3, -0.25) is 4.79 Å². The third-order valence-corrected chi connectivity index (χ3v) is 3.66. The molecule has 1 saturated heterocycles. The topological polar surface area (TPSA) is 32.3 Å². The largest absolute Gasteiger partial charge is 0.309 e. The van der Waals surface area contributed by atoms with Gasteiger partial charge in [0.15, 0.2) is 0 Å². The van der Waals surface area contributed by atoms with E-state index in [-0.39, 0.29) is 5.91 Å². The lowest BCUT2D eigenvalue weighted by molar-refractivity contribution is -0.115. The molecule has 2 aliphatic rings. The lowest BCUT2D eigenvalue weighted by Gasteiger charge is -2.24. The minimum atomic E-state index is 0.173. The van der Waals surface area contributed by atoms with E-state index in [1.54, 1.807) is 0 Å². The Bertz CT molecular complexity index is 499. The molecule has 1 N–H and O–H groups in total. The van der Waals surface area contributed by atoms with E-state index in [4.69, 9.17) is 0 Å². The second-order valence-corrected chi connectivity index (χ2v) is 4.67. The molecule has 0 spiro atoms. The molecule has 0 radical (unpaired) electrons. The second-order valence-electron chi connectivity index (χ2n) is 4.67. The Morgan fingerprint density at radius 3 is 2.76 bits per heavy atom. The van der Waals surface area contributed by atoms with Crippen molar-refractivity contribution in [2.45, 2.75) is 13.3 Å². The number of anilines is 1. The average molecular weight is 228 g/mol. The van der Waals surface area contributed by atoms with Gasteiger partial charge in [0, 0.05) is 30.9 Å². The summed E-state index contributed by atoms with van der Waals surface area (Å²) in [5.41, 5.74) is 4.54. The zero-order valence-corrected chi connectivity index (χ0v) is 9.99. The van der Waals surface area contributed by atoms with Crippen LogP contribution in [0.25, 0.3) is 0 Å². The molecular formula is C14H16N2O. The Labute approximate surface area is 101 Å². The van der Waals surface area contributed by atoms with Crippen molar-refractivity contribution in [2.24, 2.45) is 0 Å². The van der Waals surface area contributed by atoms with Crippen LogP contribution in [0, 0.1) is 0 Å². The van der Waals surface area contributed by atoms with Crippen molar-refractivity contribution in [3.63, 3.8) is 0 Å². The maximum Gasteiger partial charge on any atom is 0.253 e. The molecule has 3 nitrogen and oxygen atoms in total. The Morgan fingerprint density at radius 2 is 2.06 bits per heavy atom. The predicted molar refractivity (Wildman–Crippen MR) is 68.1 cm³/mol. The molecular weight excluding hydrogens is 212 g/mol. The van der Waals surface area contributed by atoms with Gasteiger partial charge in [-0.1, -0.05) is 18.2 Å². The summed E-state index contributed by atoms with van der Waals surface area (Å²) in [4.78, 5) is 14.3. The fourth-order valence-electron chi connectivity index (χ4n) is 2.42. The number of amides is 1. The molecule has 0 unspecified atom stereocenters. The van der Waals surface area contributed by atoms with Gasteiger partial charge in [0.25, 0.3) is 5.91 Å². The monoisotopic (exact) mass is 228 g/mol. The molecule has 1 aromatic rings. The summed E-state index contributed by atoms with van der Waals surface area (Å²) in [6.07, 6.45) is 0.975. The molecule has 0 atom stereocenters. The Balaban J connectivity index is 1.90. The van der Waals surface area contributed by atoms with Crippen molar-refractivity contribution in [1.29, 1.82) is 0 Å². The van der Waals surface area contributed by atoms with Crippen molar-refractivity contribution < 1.29 is 4.79 Å². The SMILES string of the molecule is CC(C(=O)N1CCc2ccccc21)=C1CNC1. The number of carbonyl (C=O) groups excluding carboxylic acids is 1. The van der Waals surface area contributed by atoms with Crippen LogP contribution >= 0.6 is 0 Å². The molecule has 0 aromatic heterocycles. The van der Waals surface area contributed by atoms with Crippen LogP contribution in [-0.4, -0.2) is 25.5 Å². The van der Waals surface area contributed by atoms with Crippen molar-refractivity contribution in [1.82, 2.24) is 5.32 Å². The number of fused-ring (bicyclic) bond motifs is 1. The van der Waals surface area contributed by atoms with Gasteiger partial charge in [0.05, 0.1) is 0 Å². The van der Waals surface area contributed by atoms with Crippen LogP contribution in [0.2, 0.25) is 0 Å². The van der Waals surface area contributed by atoms with Crippen LogP contribution < -0.4 is 10.2 Å². The van der Waals surface area contributed by atoms with Crippen LogP contribution in [0.1, 0.15) is 12.5 Å². The van der Waals surface area contributed by atoms with E-state index in [9.17, 15) is 4.79 Å². The van der Waals surface area contributed by atoms with Crippen molar-refractivity contribution in [3.8, 4) is 0 Å². The Hall–Kier alpha value is -1.61. The molecule has 0 aliphatic carbocycles. The second kappa shape index (κ2) is 4.00. The predicted octanol–water partition coefficient (Wildman–Crippen LogP) is 1.50. The minimum Gasteiger partial charge on any atom is -0.309 e. The molecule has 88 valence electrons. The molecule has 2 aliphatic heterocycles. The van der Waals surface area contributed by atoms with Crippen LogP contribution in [0.5, 0.6) is 0 Å². The van der Waals surface area contributed by atoms with E-state index < -0.39 is 0 Å². The lowest BCUT2D eigenvalue weighted by Crippen LogP contribution is -2.38. The third kappa shape index (κ3) is 1.67. The molecule has 1 amide bonds. The summed E-state index contributed by atoms with van der Waals surface area (Å²) in [6.45, 7) is 4.50. The Morgan fingerprint density at radius 1 is 1.29 bits per heavy atom. The number of nitrogens with zero attached hydrogens (tertiary/aromatic N) is 1. The van der Waals surface area contributed by atoms with Gasteiger partial charge in [0.1, 0.15) is 0 Å². The summed E-state index contributed by atoms with van der Waals surface area (Å²) in [5.74, 6) is 0.173. The van der Waals surface area contributed by atoms with Crippen LogP contribution in [0.3, 0.4) is 0 Å². The first-order valence-corrected chi connectivity index (χ1v) is 6.06. The first-order valence-electron chi connectivity index (χ1n) is 6.06. The van der Waals surface area contributed by atoms with Crippen molar-refractivity contribution in [2.75, 3.05) is 24.5 Å². The summed E-state index contributed by atoms with van der Waals surface area (Å²) >= 11 is 0. The zero-order valence-electron chi connectivity index (χ0n) is 9.99. The van der Waals surface area contributed by atoms with Gasteiger partial charge in [-0.15, -0.1) is 0 Å². The number of rotatable bonds is 1. The maximum atomic E-state index is 12.4. The summed E-state index contributed by atoms with van der Waals surface area (Å²) in [5, 5.41) is 3.18. The number of hydrogen-bond acceptors (Lipinski definition) is 2. The lowest BCUT2D eigenvalue weighted by atomic mass is 10.0. The zero-order chi connectivity index (χ0) is 11.8. The molecule has 0 bridgehead atoms. The number of carbonyl (C=O) groups is 1. The highest BCUT2D eigenvalue weighted by Crippen LogP contribution is 2.29. The number of hydrogen-bond donors (Lipinski definition) is 1. The van der Waals surface area contributed by atoms with Gasteiger partial charge in [-0.25, -0.2) is 0 Å². The minimum absolute atomic E-state index is 0.173. The summed E-state index contributed by atoms with van der Waals surface area (Å²) in [7, 11) is 0. The van der Waals surface area contributed by atoms with Crippen molar-refractivity contribution in [3.05, 3.63) is 41.0 Å². The van der Waals surface area contributed by atoms with Crippen molar-refractivity contribution >= 4 is 11.6 Å². The fourth-order valence-corrected chi connectivity index (χ4v) is 2.42. The molecule has 17 heavy (non-hydrogen) atoms. The first-order chi connectivity index (χ1) is 8.27. The Kier molecular flexibility index (Phi) is 2.48. The molecule has 3 rings (SSSR count). The van der Waals surface area contributed by atoms with Gasteiger partial charge in [0.2, 0.25) is 0 Å². The normalized spacial score (nSPS) is 17.7. The molecule has 1 fully saturated rings. The van der Waals surface area contributed by atoms with E-state index in [0.29, 0.717) is 0 Å². The number of nitrogens with one attached hydrogen (secondary N) is 1. The number of para-hydroxylation sites is 1. The van der Waals surface area contributed by atoms with Crippen LogP contribution in [0.15, 0.2) is 35.4 Å². The van der Waals surface area contributed by atoms with E-state index >= 15 is 0 Å². The highest BCUT2D eigenvalue weighted by Gasteiger charge is 2.27. The highest BCUT2D eigenvalue weighted by molar-refractivity contribution is 6.07. The van der Waals surface area contributed by atoms with E-state index in [2.05, 4.69) is 11.4 Å². The van der Waals surface area contributed by atoms with Gasteiger partial charge >= 0.3 is 0 Å². The smallest absolute Gasteiger partial charge is 0.253 e. The number of benzene rings is 1. The molecule has 0 saturated carbocycles. The summed E-state index contributed by atoms with van der Waals surface area (Å²) < 4.78 is 0. The van der Waals surface area contributed by atoms with E-state index in [0.717, 1.165) is 37.3 Å². The van der Waals surface area contributed by atoms with Crippen LogP contribution in [-0.2, 0) is 11.2 Å². The van der Waals surface area contributed by atoms with Gasteiger partial charge in [-0.05, 0) is 30.5 Å². The third-order valence-electron chi connectivity index (χ3n) is 3.66. The fraction of sp³-hybridized carbons (Fsp3) is 0.357. The van der Waals surface area contributed by atoms with Gasteiger partial charge < -0.3 is 10.2 Å². The molecule has 3 heteroatoms. The maximum absolute atomic E-state index is 12.4.